The molecular formula is C12H19F3N4. The summed E-state index contributed by atoms with van der Waals surface area (Å²) >= 11 is 0. The zero-order valence-electron chi connectivity index (χ0n) is 11.8. The van der Waals surface area contributed by atoms with Crippen LogP contribution in [-0.2, 0) is 6.18 Å². The zero-order valence-corrected chi connectivity index (χ0v) is 11.8. The van der Waals surface area contributed by atoms with Crippen LogP contribution in [0.2, 0.25) is 0 Å². The van der Waals surface area contributed by atoms with Gasteiger partial charge in [-0.25, -0.2) is 4.98 Å². The molecule has 0 amide bonds. The fraction of sp³-hybridized carbons (Fsp3) is 0.667. The van der Waals surface area contributed by atoms with Gasteiger partial charge in [0.05, 0.1) is 0 Å². The van der Waals surface area contributed by atoms with Gasteiger partial charge < -0.3 is 10.2 Å². The van der Waals surface area contributed by atoms with Gasteiger partial charge in [0, 0.05) is 26.7 Å². The Hall–Kier alpha value is -1.53. The van der Waals surface area contributed by atoms with Crippen molar-refractivity contribution in [2.24, 2.45) is 5.41 Å². The van der Waals surface area contributed by atoms with Gasteiger partial charge in [-0.3, -0.25) is 0 Å². The van der Waals surface area contributed by atoms with E-state index in [0.717, 1.165) is 6.07 Å². The van der Waals surface area contributed by atoms with Gasteiger partial charge in [-0.05, 0) is 5.41 Å². The second-order valence-electron chi connectivity index (χ2n) is 5.60. The summed E-state index contributed by atoms with van der Waals surface area (Å²) in [5, 5.41) is 2.55. The summed E-state index contributed by atoms with van der Waals surface area (Å²) in [7, 11) is 3.20. The summed E-state index contributed by atoms with van der Waals surface area (Å²) in [4.78, 5) is 9.17. The molecule has 0 spiro atoms. The molecule has 0 unspecified atom stereocenters. The maximum atomic E-state index is 12.7. The highest BCUT2D eigenvalue weighted by Gasteiger charge is 2.34. The van der Waals surface area contributed by atoms with Crippen LogP contribution in [0.4, 0.5) is 24.9 Å². The SMILES string of the molecule is CNc1nc(N(C)CC(C)(C)C)cc(C(F)(F)F)n1. The van der Waals surface area contributed by atoms with Crippen molar-refractivity contribution in [3.8, 4) is 0 Å². The van der Waals surface area contributed by atoms with Gasteiger partial charge in [0.25, 0.3) is 0 Å². The van der Waals surface area contributed by atoms with Crippen LogP contribution in [0, 0.1) is 5.41 Å². The van der Waals surface area contributed by atoms with Crippen LogP contribution in [0.3, 0.4) is 0 Å². The van der Waals surface area contributed by atoms with Crippen molar-refractivity contribution in [3.63, 3.8) is 0 Å². The van der Waals surface area contributed by atoms with E-state index in [0.29, 0.717) is 6.54 Å². The minimum atomic E-state index is -4.48. The van der Waals surface area contributed by atoms with Crippen LogP contribution >= 0.6 is 0 Å². The Labute approximate surface area is 111 Å². The lowest BCUT2D eigenvalue weighted by atomic mass is 9.96. The van der Waals surface area contributed by atoms with E-state index in [1.54, 1.807) is 11.9 Å². The smallest absolute Gasteiger partial charge is 0.359 e. The number of nitrogens with zero attached hydrogens (tertiary/aromatic N) is 3. The molecule has 0 saturated heterocycles. The first-order chi connectivity index (χ1) is 8.53. The van der Waals surface area contributed by atoms with Gasteiger partial charge in [0.1, 0.15) is 5.82 Å². The molecule has 0 aliphatic heterocycles. The first-order valence-corrected chi connectivity index (χ1v) is 5.88. The molecule has 19 heavy (non-hydrogen) atoms. The molecule has 1 N–H and O–H groups in total. The van der Waals surface area contributed by atoms with E-state index in [9.17, 15) is 13.2 Å². The molecule has 0 atom stereocenters. The molecule has 0 radical (unpaired) electrons. The first-order valence-electron chi connectivity index (χ1n) is 5.88. The van der Waals surface area contributed by atoms with Crippen molar-refractivity contribution in [1.82, 2.24) is 9.97 Å². The monoisotopic (exact) mass is 276 g/mol. The van der Waals surface area contributed by atoms with E-state index in [4.69, 9.17) is 0 Å². The molecule has 4 nitrogen and oxygen atoms in total. The molecule has 108 valence electrons. The quantitative estimate of drug-likeness (QED) is 0.921. The fourth-order valence-electron chi connectivity index (χ4n) is 1.68. The molecule has 0 saturated carbocycles. The van der Waals surface area contributed by atoms with Crippen LogP contribution in [0.25, 0.3) is 0 Å². The van der Waals surface area contributed by atoms with E-state index in [1.165, 1.54) is 7.05 Å². The molecule has 0 aliphatic carbocycles. The molecule has 0 aromatic carbocycles. The second kappa shape index (κ2) is 5.22. The molecule has 0 fully saturated rings. The largest absolute Gasteiger partial charge is 0.433 e. The van der Waals surface area contributed by atoms with Crippen molar-refractivity contribution >= 4 is 11.8 Å². The lowest BCUT2D eigenvalue weighted by Crippen LogP contribution is -2.30. The standard InChI is InChI=1S/C12H19F3N4/c1-11(2,3)7-19(5)9-6-8(12(13,14)15)17-10(16-4)18-9/h6H,7H2,1-5H3,(H,16,17,18). The third-order valence-electron chi connectivity index (χ3n) is 2.33. The third kappa shape index (κ3) is 4.57. The number of hydrogen-bond acceptors (Lipinski definition) is 4. The van der Waals surface area contributed by atoms with Gasteiger partial charge in [0.2, 0.25) is 5.95 Å². The van der Waals surface area contributed by atoms with Gasteiger partial charge in [-0.15, -0.1) is 0 Å². The summed E-state index contributed by atoms with van der Waals surface area (Å²) in [5.74, 6) is 0.215. The van der Waals surface area contributed by atoms with Crippen molar-refractivity contribution in [2.75, 3.05) is 30.9 Å². The van der Waals surface area contributed by atoms with Crippen LogP contribution in [-0.4, -0.2) is 30.6 Å². The second-order valence-corrected chi connectivity index (χ2v) is 5.60. The number of anilines is 2. The van der Waals surface area contributed by atoms with Gasteiger partial charge >= 0.3 is 6.18 Å². The summed E-state index contributed by atoms with van der Waals surface area (Å²) in [6.07, 6.45) is -4.48. The number of alkyl halides is 3. The Morgan fingerprint density at radius 1 is 1.21 bits per heavy atom. The van der Waals surface area contributed by atoms with E-state index in [2.05, 4.69) is 15.3 Å². The number of halogens is 3. The summed E-state index contributed by atoms with van der Waals surface area (Å²) < 4.78 is 38.2. The van der Waals surface area contributed by atoms with Crippen LogP contribution in [0.15, 0.2) is 6.07 Å². The molecule has 0 aliphatic rings. The molecule has 1 aromatic heterocycles. The average molecular weight is 276 g/mol. The predicted molar refractivity (Wildman–Crippen MR) is 69.3 cm³/mol. The van der Waals surface area contributed by atoms with Gasteiger partial charge in [-0.2, -0.15) is 18.2 Å². The highest BCUT2D eigenvalue weighted by atomic mass is 19.4. The van der Waals surface area contributed by atoms with Crippen LogP contribution in [0.5, 0.6) is 0 Å². The van der Waals surface area contributed by atoms with Crippen molar-refractivity contribution in [3.05, 3.63) is 11.8 Å². The molecule has 1 aromatic rings. The normalized spacial score (nSPS) is 12.4. The van der Waals surface area contributed by atoms with Crippen molar-refractivity contribution in [1.29, 1.82) is 0 Å². The average Bonchev–Trinajstić information content (AvgIpc) is 2.25. The molecule has 1 heterocycles. The lowest BCUT2D eigenvalue weighted by molar-refractivity contribution is -0.141. The first kappa shape index (κ1) is 15.5. The highest BCUT2D eigenvalue weighted by Crippen LogP contribution is 2.30. The molecule has 7 heteroatoms. The lowest BCUT2D eigenvalue weighted by Gasteiger charge is -2.27. The maximum Gasteiger partial charge on any atom is 0.433 e. The van der Waals surface area contributed by atoms with Crippen molar-refractivity contribution < 1.29 is 13.2 Å². The summed E-state index contributed by atoms with van der Waals surface area (Å²) in [6, 6.07) is 0.965. The molecular weight excluding hydrogens is 257 g/mol. The Morgan fingerprint density at radius 3 is 2.21 bits per heavy atom. The summed E-state index contributed by atoms with van der Waals surface area (Å²) in [6.45, 7) is 6.61. The number of nitrogens with one attached hydrogen (secondary N) is 1. The van der Waals surface area contributed by atoms with Crippen LogP contribution in [0.1, 0.15) is 26.5 Å². The van der Waals surface area contributed by atoms with Crippen molar-refractivity contribution in [2.45, 2.75) is 26.9 Å². The van der Waals surface area contributed by atoms with Gasteiger partial charge in [0.15, 0.2) is 5.69 Å². The van der Waals surface area contributed by atoms with Gasteiger partial charge in [-0.1, -0.05) is 20.8 Å². The summed E-state index contributed by atoms with van der Waals surface area (Å²) in [5.41, 5.74) is -0.986. The zero-order chi connectivity index (χ0) is 14.8. The van der Waals surface area contributed by atoms with E-state index in [1.807, 2.05) is 20.8 Å². The minimum absolute atomic E-state index is 0.0365. The van der Waals surface area contributed by atoms with E-state index >= 15 is 0 Å². The Bertz CT molecular complexity index is 438. The topological polar surface area (TPSA) is 41.1 Å². The predicted octanol–water partition coefficient (Wildman–Crippen LogP) is 3.02. The Morgan fingerprint density at radius 2 is 1.79 bits per heavy atom. The number of aromatic nitrogens is 2. The maximum absolute atomic E-state index is 12.7. The fourth-order valence-corrected chi connectivity index (χ4v) is 1.68. The highest BCUT2D eigenvalue weighted by molar-refractivity contribution is 5.45. The molecule has 1 rings (SSSR count). The van der Waals surface area contributed by atoms with E-state index in [-0.39, 0.29) is 17.2 Å². The minimum Gasteiger partial charge on any atom is -0.359 e. The van der Waals surface area contributed by atoms with E-state index < -0.39 is 11.9 Å². The number of rotatable bonds is 3. The van der Waals surface area contributed by atoms with Crippen LogP contribution < -0.4 is 10.2 Å². The Kier molecular flexibility index (Phi) is 4.27. The Balaban J connectivity index is 3.13. The number of hydrogen-bond donors (Lipinski definition) is 1. The third-order valence-corrected chi connectivity index (χ3v) is 2.33. The molecule has 0 bridgehead atoms.